The van der Waals surface area contributed by atoms with Gasteiger partial charge in [-0.15, -0.1) is 24.0 Å². The fourth-order valence-corrected chi connectivity index (χ4v) is 4.32. The first kappa shape index (κ1) is 22.3. The standard InChI is InChI=1S/C17H34N4OS.HI/c1-5-18-17(20-15-6-7-16(10-15)23-4)19-11-13(2)21-8-9-22-12-14(21)3;/h13-16H,5-12H2,1-4H3,(H2,18,19,20);1H. The van der Waals surface area contributed by atoms with E-state index in [2.05, 4.69) is 42.6 Å². The minimum Gasteiger partial charge on any atom is -0.379 e. The smallest absolute Gasteiger partial charge is 0.191 e. The molecule has 0 aromatic heterocycles. The number of nitrogens with one attached hydrogen (secondary N) is 2. The second-order valence-corrected chi connectivity index (χ2v) is 7.88. The number of hydrogen-bond acceptors (Lipinski definition) is 4. The molecule has 0 radical (unpaired) electrons. The molecule has 0 spiro atoms. The fourth-order valence-electron chi connectivity index (χ4n) is 3.52. The summed E-state index contributed by atoms with van der Waals surface area (Å²) >= 11 is 2.00. The number of rotatable bonds is 6. The summed E-state index contributed by atoms with van der Waals surface area (Å²) in [6.07, 6.45) is 6.05. The zero-order valence-electron chi connectivity index (χ0n) is 15.6. The normalized spacial score (nSPS) is 29.8. The van der Waals surface area contributed by atoms with Crippen LogP contribution in [0.2, 0.25) is 0 Å². The van der Waals surface area contributed by atoms with Gasteiger partial charge in [0.2, 0.25) is 0 Å². The fraction of sp³-hybridized carbons (Fsp3) is 0.941. The summed E-state index contributed by atoms with van der Waals surface area (Å²) in [6, 6.07) is 1.51. The Morgan fingerprint density at radius 3 is 2.83 bits per heavy atom. The summed E-state index contributed by atoms with van der Waals surface area (Å²) in [5, 5.41) is 7.84. The Morgan fingerprint density at radius 1 is 1.42 bits per heavy atom. The van der Waals surface area contributed by atoms with Gasteiger partial charge < -0.3 is 15.4 Å². The predicted octanol–water partition coefficient (Wildman–Crippen LogP) is 2.55. The van der Waals surface area contributed by atoms with Gasteiger partial charge >= 0.3 is 0 Å². The van der Waals surface area contributed by atoms with Gasteiger partial charge in [-0.25, -0.2) is 0 Å². The number of halogens is 1. The van der Waals surface area contributed by atoms with E-state index in [0.717, 1.165) is 44.1 Å². The van der Waals surface area contributed by atoms with Crippen LogP contribution in [0.5, 0.6) is 0 Å². The first-order chi connectivity index (χ1) is 11.1. The van der Waals surface area contributed by atoms with Crippen LogP contribution in [0.15, 0.2) is 4.99 Å². The van der Waals surface area contributed by atoms with Crippen LogP contribution in [-0.4, -0.2) is 73.3 Å². The van der Waals surface area contributed by atoms with Gasteiger partial charge in [0.15, 0.2) is 5.96 Å². The lowest BCUT2D eigenvalue weighted by atomic mass is 10.2. The molecule has 4 atom stereocenters. The van der Waals surface area contributed by atoms with E-state index in [4.69, 9.17) is 9.73 Å². The van der Waals surface area contributed by atoms with E-state index in [-0.39, 0.29) is 24.0 Å². The Labute approximate surface area is 169 Å². The van der Waals surface area contributed by atoms with Crippen LogP contribution in [0, 0.1) is 0 Å². The van der Waals surface area contributed by atoms with Gasteiger partial charge in [-0.1, -0.05) is 0 Å². The van der Waals surface area contributed by atoms with E-state index >= 15 is 0 Å². The molecule has 1 saturated carbocycles. The first-order valence-corrected chi connectivity index (χ1v) is 10.3. The highest BCUT2D eigenvalue weighted by molar-refractivity contribution is 14.0. The summed E-state index contributed by atoms with van der Waals surface area (Å²) < 4.78 is 5.53. The molecule has 0 aromatic carbocycles. The van der Waals surface area contributed by atoms with Crippen LogP contribution in [0.25, 0.3) is 0 Å². The van der Waals surface area contributed by atoms with Gasteiger partial charge in [0.25, 0.3) is 0 Å². The van der Waals surface area contributed by atoms with Crippen LogP contribution in [0.4, 0.5) is 0 Å². The van der Waals surface area contributed by atoms with Crippen LogP contribution in [-0.2, 0) is 4.74 Å². The molecule has 1 aliphatic carbocycles. The highest BCUT2D eigenvalue weighted by Gasteiger charge is 2.25. The molecular formula is C17H35IN4OS. The summed E-state index contributed by atoms with van der Waals surface area (Å²) in [4.78, 5) is 7.35. The second kappa shape index (κ2) is 11.8. The monoisotopic (exact) mass is 470 g/mol. The van der Waals surface area contributed by atoms with Crippen molar-refractivity contribution in [1.29, 1.82) is 0 Å². The highest BCUT2D eigenvalue weighted by atomic mass is 127. The van der Waals surface area contributed by atoms with Crippen molar-refractivity contribution in [2.24, 2.45) is 4.99 Å². The van der Waals surface area contributed by atoms with E-state index in [9.17, 15) is 0 Å². The molecule has 1 saturated heterocycles. The molecule has 1 heterocycles. The summed E-state index contributed by atoms with van der Waals surface area (Å²) in [5.74, 6) is 0.979. The van der Waals surface area contributed by atoms with Crippen LogP contribution in [0.3, 0.4) is 0 Å². The van der Waals surface area contributed by atoms with Crippen molar-refractivity contribution in [3.05, 3.63) is 0 Å². The van der Waals surface area contributed by atoms with Gasteiger partial charge in [0.05, 0.1) is 19.8 Å². The molecule has 7 heteroatoms. The average Bonchev–Trinajstić information content (AvgIpc) is 3.00. The summed E-state index contributed by atoms with van der Waals surface area (Å²) in [7, 11) is 0. The maximum Gasteiger partial charge on any atom is 0.191 e. The largest absolute Gasteiger partial charge is 0.379 e. The van der Waals surface area contributed by atoms with Crippen LogP contribution >= 0.6 is 35.7 Å². The van der Waals surface area contributed by atoms with E-state index in [0.29, 0.717) is 18.1 Å². The molecule has 142 valence electrons. The number of guanidine groups is 1. The quantitative estimate of drug-likeness (QED) is 0.355. The highest BCUT2D eigenvalue weighted by Crippen LogP contribution is 2.28. The van der Waals surface area contributed by atoms with Gasteiger partial charge in [0, 0.05) is 36.5 Å². The number of ether oxygens (including phenoxy) is 1. The van der Waals surface area contributed by atoms with Crippen LogP contribution < -0.4 is 10.6 Å². The lowest BCUT2D eigenvalue weighted by molar-refractivity contribution is -0.0165. The molecule has 1 aliphatic heterocycles. The minimum absolute atomic E-state index is 0. The maximum absolute atomic E-state index is 5.53. The van der Waals surface area contributed by atoms with Crippen molar-refractivity contribution in [1.82, 2.24) is 15.5 Å². The van der Waals surface area contributed by atoms with E-state index in [1.165, 1.54) is 19.3 Å². The molecule has 0 aromatic rings. The number of morpholine rings is 1. The molecular weight excluding hydrogens is 435 g/mol. The zero-order chi connectivity index (χ0) is 16.7. The Balaban J connectivity index is 0.00000288. The number of hydrogen-bond donors (Lipinski definition) is 2. The molecule has 4 unspecified atom stereocenters. The third-order valence-corrected chi connectivity index (χ3v) is 6.00. The zero-order valence-corrected chi connectivity index (χ0v) is 18.7. The molecule has 2 aliphatic rings. The molecule has 0 bridgehead atoms. The molecule has 0 amide bonds. The van der Waals surface area contributed by atoms with Gasteiger partial charge in [-0.05, 0) is 46.3 Å². The molecule has 2 N–H and O–H groups in total. The summed E-state index contributed by atoms with van der Waals surface area (Å²) in [6.45, 7) is 11.1. The van der Waals surface area contributed by atoms with Crippen molar-refractivity contribution in [2.75, 3.05) is 39.1 Å². The number of aliphatic imine (C=N–C) groups is 1. The van der Waals surface area contributed by atoms with Crippen molar-refractivity contribution in [3.63, 3.8) is 0 Å². The van der Waals surface area contributed by atoms with E-state index in [1.54, 1.807) is 0 Å². The Hall–Kier alpha value is 0.270. The average molecular weight is 470 g/mol. The first-order valence-electron chi connectivity index (χ1n) is 9.05. The third kappa shape index (κ3) is 6.88. The SMILES string of the molecule is CCNC(=NCC(C)N1CCOCC1C)NC1CCC(SC)C1.I. The predicted molar refractivity (Wildman–Crippen MR) is 116 cm³/mol. The van der Waals surface area contributed by atoms with Gasteiger partial charge in [-0.3, -0.25) is 9.89 Å². The third-order valence-electron chi connectivity index (χ3n) is 4.90. The van der Waals surface area contributed by atoms with Crippen molar-refractivity contribution in [3.8, 4) is 0 Å². The Bertz CT molecular complexity index is 386. The molecule has 24 heavy (non-hydrogen) atoms. The topological polar surface area (TPSA) is 48.9 Å². The van der Waals surface area contributed by atoms with Crippen molar-refractivity contribution in [2.45, 2.75) is 63.4 Å². The lowest BCUT2D eigenvalue weighted by Gasteiger charge is -2.37. The second-order valence-electron chi connectivity index (χ2n) is 6.74. The maximum atomic E-state index is 5.53. The number of nitrogens with zero attached hydrogens (tertiary/aromatic N) is 2. The molecule has 2 fully saturated rings. The molecule has 5 nitrogen and oxygen atoms in total. The van der Waals surface area contributed by atoms with E-state index in [1.807, 2.05) is 11.8 Å². The lowest BCUT2D eigenvalue weighted by Crippen LogP contribution is -2.50. The van der Waals surface area contributed by atoms with Crippen molar-refractivity contribution >= 4 is 41.7 Å². The van der Waals surface area contributed by atoms with Crippen molar-refractivity contribution < 1.29 is 4.74 Å². The summed E-state index contributed by atoms with van der Waals surface area (Å²) in [5.41, 5.74) is 0. The Morgan fingerprint density at radius 2 is 2.21 bits per heavy atom. The number of thioether (sulfide) groups is 1. The van der Waals surface area contributed by atoms with Crippen LogP contribution in [0.1, 0.15) is 40.0 Å². The van der Waals surface area contributed by atoms with E-state index < -0.39 is 0 Å². The molecule has 2 rings (SSSR count). The van der Waals surface area contributed by atoms with Gasteiger partial charge in [0.1, 0.15) is 0 Å². The van der Waals surface area contributed by atoms with Gasteiger partial charge in [-0.2, -0.15) is 11.8 Å². The minimum atomic E-state index is 0. The Kier molecular flexibility index (Phi) is 11.0.